The first-order valence-corrected chi connectivity index (χ1v) is 6.77. The van der Waals surface area contributed by atoms with Crippen molar-refractivity contribution in [1.29, 1.82) is 0 Å². The van der Waals surface area contributed by atoms with Crippen LogP contribution in [0.1, 0.15) is 37.5 Å². The van der Waals surface area contributed by atoms with Crippen molar-refractivity contribution in [3.63, 3.8) is 0 Å². The number of nitrogens with two attached hydrogens (primary N) is 1. The van der Waals surface area contributed by atoms with E-state index in [9.17, 15) is 4.79 Å². The molecule has 0 aromatic heterocycles. The largest absolute Gasteiger partial charge is 0.369 e. The minimum atomic E-state index is -0.275. The van der Waals surface area contributed by atoms with Gasteiger partial charge in [-0.25, -0.2) is 0 Å². The van der Waals surface area contributed by atoms with Crippen LogP contribution < -0.4 is 5.73 Å². The third kappa shape index (κ3) is 5.03. The highest BCUT2D eigenvalue weighted by atomic mass is 16.1. The molecule has 1 aromatic rings. The number of benzene rings is 1. The van der Waals surface area contributed by atoms with Crippen molar-refractivity contribution in [2.24, 2.45) is 5.73 Å². The van der Waals surface area contributed by atoms with Crippen LogP contribution in [0.5, 0.6) is 0 Å². The van der Waals surface area contributed by atoms with Crippen molar-refractivity contribution >= 4 is 5.91 Å². The van der Waals surface area contributed by atoms with Crippen molar-refractivity contribution < 1.29 is 4.79 Å². The summed E-state index contributed by atoms with van der Waals surface area (Å²) in [5, 5.41) is 0. The van der Waals surface area contributed by atoms with Crippen LogP contribution in [0.3, 0.4) is 0 Å². The van der Waals surface area contributed by atoms with E-state index in [0.717, 1.165) is 13.0 Å². The number of primary amides is 1. The van der Waals surface area contributed by atoms with E-state index < -0.39 is 0 Å². The maximum absolute atomic E-state index is 10.9. The van der Waals surface area contributed by atoms with E-state index in [-0.39, 0.29) is 11.3 Å². The van der Waals surface area contributed by atoms with E-state index in [1.807, 2.05) is 11.9 Å². The van der Waals surface area contributed by atoms with Gasteiger partial charge in [0.25, 0.3) is 0 Å². The van der Waals surface area contributed by atoms with Gasteiger partial charge in [-0.2, -0.15) is 0 Å². The lowest BCUT2D eigenvalue weighted by molar-refractivity contribution is -0.118. The Balaban J connectivity index is 2.75. The summed E-state index contributed by atoms with van der Waals surface area (Å²) in [4.78, 5) is 12.8. The third-order valence-electron chi connectivity index (χ3n) is 3.40. The van der Waals surface area contributed by atoms with Crippen LogP contribution in [-0.4, -0.2) is 30.9 Å². The summed E-state index contributed by atoms with van der Waals surface area (Å²) in [7, 11) is 1.92. The van der Waals surface area contributed by atoms with E-state index in [1.165, 1.54) is 16.7 Å². The quantitative estimate of drug-likeness (QED) is 0.884. The molecule has 0 atom stereocenters. The molecule has 0 heterocycles. The summed E-state index contributed by atoms with van der Waals surface area (Å²) in [5.74, 6) is -0.275. The summed E-state index contributed by atoms with van der Waals surface area (Å²) >= 11 is 0. The van der Waals surface area contributed by atoms with Gasteiger partial charge in [0.05, 0.1) is 6.54 Å². The predicted octanol–water partition coefficient (Wildman–Crippen LogP) is 2.25. The maximum atomic E-state index is 10.9. The van der Waals surface area contributed by atoms with Gasteiger partial charge in [0.2, 0.25) is 5.91 Å². The van der Waals surface area contributed by atoms with Gasteiger partial charge in [-0.15, -0.1) is 0 Å². The molecule has 0 aliphatic heterocycles. The van der Waals surface area contributed by atoms with E-state index in [1.54, 1.807) is 0 Å². The first kappa shape index (κ1) is 15.7. The topological polar surface area (TPSA) is 46.3 Å². The van der Waals surface area contributed by atoms with Gasteiger partial charge in [-0.3, -0.25) is 9.69 Å². The highest BCUT2D eigenvalue weighted by molar-refractivity contribution is 5.75. The fraction of sp³-hybridized carbons (Fsp3) is 0.562. The highest BCUT2D eigenvalue weighted by Gasteiger charge is 2.14. The van der Waals surface area contributed by atoms with Crippen molar-refractivity contribution in [2.75, 3.05) is 20.1 Å². The number of carbonyl (C=O) groups is 1. The van der Waals surface area contributed by atoms with Gasteiger partial charge in [0.15, 0.2) is 0 Å². The summed E-state index contributed by atoms with van der Waals surface area (Å²) < 4.78 is 0. The van der Waals surface area contributed by atoms with Crippen molar-refractivity contribution in [3.8, 4) is 0 Å². The van der Waals surface area contributed by atoms with Crippen LogP contribution in [0, 0.1) is 6.92 Å². The third-order valence-corrected chi connectivity index (χ3v) is 3.40. The molecule has 19 heavy (non-hydrogen) atoms. The number of hydrogen-bond donors (Lipinski definition) is 1. The molecule has 0 radical (unpaired) electrons. The van der Waals surface area contributed by atoms with Gasteiger partial charge < -0.3 is 5.73 Å². The Morgan fingerprint density at radius 2 is 1.95 bits per heavy atom. The van der Waals surface area contributed by atoms with Crippen molar-refractivity contribution in [2.45, 2.75) is 39.5 Å². The normalized spacial score (nSPS) is 11.9. The fourth-order valence-electron chi connectivity index (χ4n) is 2.06. The second-order valence-corrected chi connectivity index (χ2v) is 6.35. The Morgan fingerprint density at radius 1 is 1.32 bits per heavy atom. The number of aryl methyl sites for hydroxylation is 1. The van der Waals surface area contributed by atoms with E-state index in [0.29, 0.717) is 6.54 Å². The zero-order chi connectivity index (χ0) is 14.6. The highest BCUT2D eigenvalue weighted by Crippen LogP contribution is 2.24. The summed E-state index contributed by atoms with van der Waals surface area (Å²) in [5.41, 5.74) is 9.37. The fourth-order valence-corrected chi connectivity index (χ4v) is 2.06. The average molecular weight is 262 g/mol. The van der Waals surface area contributed by atoms with Crippen LogP contribution in [0.4, 0.5) is 0 Å². The number of carbonyl (C=O) groups excluding carboxylic acids is 1. The first-order valence-electron chi connectivity index (χ1n) is 6.77. The maximum Gasteiger partial charge on any atom is 0.231 e. The number of likely N-dealkylation sites (N-methyl/N-ethyl adjacent to an activating group) is 1. The van der Waals surface area contributed by atoms with Crippen LogP contribution in [0.2, 0.25) is 0 Å². The van der Waals surface area contributed by atoms with E-state index in [4.69, 9.17) is 5.73 Å². The van der Waals surface area contributed by atoms with Gasteiger partial charge in [-0.05, 0) is 42.5 Å². The summed E-state index contributed by atoms with van der Waals surface area (Å²) in [6.07, 6.45) is 0.944. The molecule has 0 aliphatic rings. The molecule has 0 unspecified atom stereocenters. The first-order chi connectivity index (χ1) is 8.70. The molecule has 3 heteroatoms. The molecule has 0 spiro atoms. The molecule has 1 rings (SSSR count). The Labute approximate surface area is 116 Å². The van der Waals surface area contributed by atoms with E-state index in [2.05, 4.69) is 45.9 Å². The molecule has 3 nitrogen and oxygen atoms in total. The second kappa shape index (κ2) is 6.20. The average Bonchev–Trinajstić information content (AvgIpc) is 2.25. The molecule has 2 N–H and O–H groups in total. The van der Waals surface area contributed by atoms with Gasteiger partial charge in [0.1, 0.15) is 0 Å². The molecule has 0 saturated carbocycles. The molecular formula is C16H26N2O. The molecule has 106 valence electrons. The molecule has 0 aliphatic carbocycles. The Hall–Kier alpha value is -1.35. The predicted molar refractivity (Wildman–Crippen MR) is 80.3 cm³/mol. The lowest BCUT2D eigenvalue weighted by atomic mass is 9.85. The van der Waals surface area contributed by atoms with Crippen molar-refractivity contribution in [3.05, 3.63) is 34.9 Å². The lowest BCUT2D eigenvalue weighted by Crippen LogP contribution is -2.32. The molecule has 1 amide bonds. The molecular weight excluding hydrogens is 236 g/mol. The van der Waals surface area contributed by atoms with Crippen LogP contribution >= 0.6 is 0 Å². The molecule has 0 bridgehead atoms. The standard InChI is InChI=1S/C16H26N2O/c1-12-6-7-14(16(2,3)4)10-13(12)8-9-18(5)11-15(17)19/h6-7,10H,8-9,11H2,1-5H3,(H2,17,19). The summed E-state index contributed by atoms with van der Waals surface area (Å²) in [6.45, 7) is 9.97. The zero-order valence-corrected chi connectivity index (χ0v) is 12.8. The monoisotopic (exact) mass is 262 g/mol. The Morgan fingerprint density at radius 3 is 2.47 bits per heavy atom. The van der Waals surface area contributed by atoms with Crippen LogP contribution in [0.15, 0.2) is 18.2 Å². The van der Waals surface area contributed by atoms with Gasteiger partial charge >= 0.3 is 0 Å². The van der Waals surface area contributed by atoms with Crippen molar-refractivity contribution in [1.82, 2.24) is 4.90 Å². The smallest absolute Gasteiger partial charge is 0.231 e. The van der Waals surface area contributed by atoms with Crippen LogP contribution in [-0.2, 0) is 16.6 Å². The SMILES string of the molecule is Cc1ccc(C(C)(C)C)cc1CCN(C)CC(N)=O. The minimum absolute atomic E-state index is 0.168. The Bertz CT molecular complexity index is 447. The molecule has 1 aromatic carbocycles. The number of hydrogen-bond acceptors (Lipinski definition) is 2. The molecule has 0 saturated heterocycles. The number of rotatable bonds is 5. The van der Waals surface area contributed by atoms with Gasteiger partial charge in [-0.1, -0.05) is 39.0 Å². The summed E-state index contributed by atoms with van der Waals surface area (Å²) in [6, 6.07) is 6.67. The van der Waals surface area contributed by atoms with Crippen LogP contribution in [0.25, 0.3) is 0 Å². The van der Waals surface area contributed by atoms with E-state index >= 15 is 0 Å². The minimum Gasteiger partial charge on any atom is -0.369 e. The second-order valence-electron chi connectivity index (χ2n) is 6.35. The lowest BCUT2D eigenvalue weighted by Gasteiger charge is -2.21. The number of amides is 1. The number of nitrogens with zero attached hydrogens (tertiary/aromatic N) is 1. The zero-order valence-electron chi connectivity index (χ0n) is 12.8. The van der Waals surface area contributed by atoms with Gasteiger partial charge in [0, 0.05) is 6.54 Å². The Kier molecular flexibility index (Phi) is 5.12. The molecule has 0 fully saturated rings.